The van der Waals surface area contributed by atoms with E-state index in [4.69, 9.17) is 28.3 Å². The number of anilines is 1. The average molecular weight is 323 g/mol. The smallest absolute Gasteiger partial charge is 0.319 e. The lowest BCUT2D eigenvalue weighted by atomic mass is 10.2. The minimum Gasteiger partial charge on any atom is -0.481 e. The van der Waals surface area contributed by atoms with E-state index in [0.717, 1.165) is 0 Å². The van der Waals surface area contributed by atoms with Crippen LogP contribution in [0.4, 0.5) is 14.9 Å². The molecule has 0 saturated carbocycles. The number of urea groups is 1. The molecular formula is C12H13Cl2FN2O3. The Labute approximate surface area is 125 Å². The van der Waals surface area contributed by atoms with Gasteiger partial charge in [-0.1, -0.05) is 23.2 Å². The molecule has 0 aliphatic carbocycles. The van der Waals surface area contributed by atoms with Crippen molar-refractivity contribution in [3.05, 3.63) is 28.0 Å². The van der Waals surface area contributed by atoms with Gasteiger partial charge < -0.3 is 15.7 Å². The summed E-state index contributed by atoms with van der Waals surface area (Å²) < 4.78 is 13.2. The first-order valence-electron chi connectivity index (χ1n) is 5.73. The van der Waals surface area contributed by atoms with E-state index in [1.807, 2.05) is 0 Å². The second-order valence-electron chi connectivity index (χ2n) is 4.19. The highest BCUT2D eigenvalue weighted by molar-refractivity contribution is 6.35. The van der Waals surface area contributed by atoms with Crippen molar-refractivity contribution < 1.29 is 19.1 Å². The van der Waals surface area contributed by atoms with Gasteiger partial charge in [-0.05, 0) is 25.5 Å². The highest BCUT2D eigenvalue weighted by Gasteiger charge is 2.12. The third-order valence-corrected chi connectivity index (χ3v) is 2.96. The number of hydrogen-bond donors (Lipinski definition) is 3. The van der Waals surface area contributed by atoms with Crippen LogP contribution in [0.25, 0.3) is 0 Å². The fourth-order valence-corrected chi connectivity index (χ4v) is 1.92. The quantitative estimate of drug-likeness (QED) is 0.726. The lowest BCUT2D eigenvalue weighted by Crippen LogP contribution is -2.36. The van der Waals surface area contributed by atoms with Gasteiger partial charge in [-0.15, -0.1) is 0 Å². The fourth-order valence-electron chi connectivity index (χ4n) is 1.43. The number of halogens is 3. The summed E-state index contributed by atoms with van der Waals surface area (Å²) in [5, 5.41) is 13.1. The maximum Gasteiger partial charge on any atom is 0.319 e. The van der Waals surface area contributed by atoms with Gasteiger partial charge in [-0.3, -0.25) is 4.79 Å². The number of rotatable bonds is 5. The van der Waals surface area contributed by atoms with Crippen LogP contribution in [0.15, 0.2) is 12.1 Å². The molecule has 0 aliphatic heterocycles. The first-order valence-corrected chi connectivity index (χ1v) is 6.49. The Kier molecular flexibility index (Phi) is 6.04. The number of carbonyl (C=O) groups is 2. The van der Waals surface area contributed by atoms with Gasteiger partial charge in [0.25, 0.3) is 0 Å². The normalized spacial score (nSPS) is 11.8. The topological polar surface area (TPSA) is 78.4 Å². The number of nitrogens with one attached hydrogen (secondary N) is 2. The Hall–Kier alpha value is -1.53. The number of hydrogen-bond acceptors (Lipinski definition) is 2. The molecule has 1 aromatic carbocycles. The number of carboxylic acids is 1. The molecule has 1 rings (SSSR count). The molecule has 5 nitrogen and oxygen atoms in total. The summed E-state index contributed by atoms with van der Waals surface area (Å²) in [6.07, 6.45) is 0.253. The van der Waals surface area contributed by atoms with Gasteiger partial charge in [-0.25, -0.2) is 9.18 Å². The number of aliphatic carboxylic acids is 1. The Balaban J connectivity index is 2.56. The van der Waals surface area contributed by atoms with Gasteiger partial charge in [0.15, 0.2) is 5.82 Å². The molecule has 2 amide bonds. The molecule has 0 saturated heterocycles. The number of carbonyl (C=O) groups excluding carboxylic acids is 1. The van der Waals surface area contributed by atoms with Crippen LogP contribution in [0, 0.1) is 5.82 Å². The molecule has 0 aromatic heterocycles. The monoisotopic (exact) mass is 322 g/mol. The predicted molar refractivity (Wildman–Crippen MR) is 74.9 cm³/mol. The minimum absolute atomic E-state index is 0.0460. The van der Waals surface area contributed by atoms with Crippen LogP contribution in [0.5, 0.6) is 0 Å². The van der Waals surface area contributed by atoms with Crippen molar-refractivity contribution in [1.29, 1.82) is 0 Å². The molecule has 8 heteroatoms. The summed E-state index contributed by atoms with van der Waals surface area (Å²) in [4.78, 5) is 22.0. The zero-order valence-corrected chi connectivity index (χ0v) is 12.1. The standard InChI is InChI=1S/C12H13Cl2FN2O3/c1-6(2-3-10(18)19)16-12(20)17-7-4-8(13)11(15)9(14)5-7/h4-6H,2-3H2,1H3,(H,18,19)(H2,16,17,20). The molecular weight excluding hydrogens is 310 g/mol. The van der Waals surface area contributed by atoms with Crippen molar-refractivity contribution in [2.45, 2.75) is 25.8 Å². The highest BCUT2D eigenvalue weighted by atomic mass is 35.5. The molecule has 1 unspecified atom stereocenters. The van der Waals surface area contributed by atoms with Crippen molar-refractivity contribution in [3.8, 4) is 0 Å². The molecule has 0 fully saturated rings. The van der Waals surface area contributed by atoms with Gasteiger partial charge in [0.1, 0.15) is 0 Å². The average Bonchev–Trinajstić information content (AvgIpc) is 2.33. The maximum absolute atomic E-state index is 13.2. The summed E-state index contributed by atoms with van der Waals surface area (Å²) in [7, 11) is 0. The van der Waals surface area contributed by atoms with Crippen molar-refractivity contribution in [2.24, 2.45) is 0 Å². The number of benzene rings is 1. The highest BCUT2D eigenvalue weighted by Crippen LogP contribution is 2.27. The lowest BCUT2D eigenvalue weighted by molar-refractivity contribution is -0.137. The second kappa shape index (κ2) is 7.31. The lowest BCUT2D eigenvalue weighted by Gasteiger charge is -2.14. The zero-order chi connectivity index (χ0) is 15.3. The van der Waals surface area contributed by atoms with Crippen LogP contribution in [0.1, 0.15) is 19.8 Å². The van der Waals surface area contributed by atoms with Crippen LogP contribution in [0.3, 0.4) is 0 Å². The van der Waals surface area contributed by atoms with Crippen LogP contribution in [-0.4, -0.2) is 23.1 Å². The Bertz CT molecular complexity index is 502. The summed E-state index contributed by atoms with van der Waals surface area (Å²) >= 11 is 11.2. The maximum atomic E-state index is 13.2. The van der Waals surface area contributed by atoms with E-state index in [2.05, 4.69) is 10.6 Å². The molecule has 110 valence electrons. The van der Waals surface area contributed by atoms with Gasteiger partial charge in [0.2, 0.25) is 0 Å². The zero-order valence-electron chi connectivity index (χ0n) is 10.5. The molecule has 1 aromatic rings. The minimum atomic E-state index is -0.934. The van der Waals surface area contributed by atoms with Crippen LogP contribution >= 0.6 is 23.2 Å². The van der Waals surface area contributed by atoms with E-state index in [1.165, 1.54) is 12.1 Å². The summed E-state index contributed by atoms with van der Waals surface area (Å²) in [6.45, 7) is 1.67. The summed E-state index contributed by atoms with van der Waals surface area (Å²) in [5.74, 6) is -1.69. The van der Waals surface area contributed by atoms with Gasteiger partial charge in [0, 0.05) is 18.2 Å². The molecule has 3 N–H and O–H groups in total. The van der Waals surface area contributed by atoms with E-state index in [9.17, 15) is 14.0 Å². The first kappa shape index (κ1) is 16.5. The Morgan fingerprint density at radius 2 is 1.90 bits per heavy atom. The van der Waals surface area contributed by atoms with Gasteiger partial charge in [-0.2, -0.15) is 0 Å². The van der Waals surface area contributed by atoms with Crippen LogP contribution in [-0.2, 0) is 4.79 Å². The predicted octanol–water partition coefficient (Wildman–Crippen LogP) is 3.51. The molecule has 0 heterocycles. The SMILES string of the molecule is CC(CCC(=O)O)NC(=O)Nc1cc(Cl)c(F)c(Cl)c1. The molecule has 0 spiro atoms. The van der Waals surface area contributed by atoms with E-state index < -0.39 is 17.8 Å². The largest absolute Gasteiger partial charge is 0.481 e. The van der Waals surface area contributed by atoms with E-state index >= 15 is 0 Å². The number of carboxylic acid groups (broad SMARTS) is 1. The second-order valence-corrected chi connectivity index (χ2v) is 5.00. The first-order chi connectivity index (χ1) is 9.29. The molecule has 0 radical (unpaired) electrons. The Morgan fingerprint density at radius 3 is 2.40 bits per heavy atom. The van der Waals surface area contributed by atoms with Crippen LogP contribution in [0.2, 0.25) is 10.0 Å². The van der Waals surface area contributed by atoms with Crippen molar-refractivity contribution in [1.82, 2.24) is 5.32 Å². The van der Waals surface area contributed by atoms with Crippen molar-refractivity contribution >= 4 is 40.9 Å². The molecule has 0 bridgehead atoms. The molecule has 1 atom stereocenters. The van der Waals surface area contributed by atoms with Gasteiger partial charge in [0.05, 0.1) is 10.0 Å². The summed E-state index contributed by atoms with van der Waals surface area (Å²) in [6, 6.07) is 1.58. The van der Waals surface area contributed by atoms with E-state index in [1.54, 1.807) is 6.92 Å². The third kappa shape index (κ3) is 5.22. The van der Waals surface area contributed by atoms with Crippen molar-refractivity contribution in [2.75, 3.05) is 5.32 Å². The number of amides is 2. The van der Waals surface area contributed by atoms with Crippen molar-refractivity contribution in [3.63, 3.8) is 0 Å². The molecule has 20 heavy (non-hydrogen) atoms. The Morgan fingerprint density at radius 1 is 1.35 bits per heavy atom. The van der Waals surface area contributed by atoms with E-state index in [0.29, 0.717) is 6.42 Å². The molecule has 0 aliphatic rings. The summed E-state index contributed by atoms with van der Waals surface area (Å²) in [5.41, 5.74) is 0.240. The fraction of sp³-hybridized carbons (Fsp3) is 0.333. The van der Waals surface area contributed by atoms with Crippen LogP contribution < -0.4 is 10.6 Å². The third-order valence-electron chi connectivity index (χ3n) is 2.41. The van der Waals surface area contributed by atoms with Gasteiger partial charge >= 0.3 is 12.0 Å². The van der Waals surface area contributed by atoms with E-state index in [-0.39, 0.29) is 28.2 Å².